The van der Waals surface area contributed by atoms with Gasteiger partial charge in [-0.1, -0.05) is 12.1 Å². The fourth-order valence-electron chi connectivity index (χ4n) is 3.03. The molecule has 0 amide bonds. The zero-order chi connectivity index (χ0) is 17.2. The number of sulfone groups is 1. The van der Waals surface area contributed by atoms with Gasteiger partial charge in [-0.05, 0) is 67.2 Å². The molecule has 6 heteroatoms. The monoisotopic (exact) mass is 351 g/mol. The summed E-state index contributed by atoms with van der Waals surface area (Å²) >= 11 is 0. The zero-order valence-corrected chi connectivity index (χ0v) is 14.0. The first-order valence-corrected chi connectivity index (χ1v) is 9.59. The van der Waals surface area contributed by atoms with E-state index >= 15 is 0 Å². The number of piperidine rings is 1. The van der Waals surface area contributed by atoms with Crippen LogP contribution < -0.4 is 5.32 Å². The van der Waals surface area contributed by atoms with Gasteiger partial charge in [-0.3, -0.25) is 0 Å². The van der Waals surface area contributed by atoms with Crippen molar-refractivity contribution in [3.05, 3.63) is 54.1 Å². The van der Waals surface area contributed by atoms with Gasteiger partial charge in [0.15, 0.2) is 9.84 Å². The van der Waals surface area contributed by atoms with Crippen molar-refractivity contribution in [2.45, 2.75) is 17.7 Å². The number of halogens is 2. The zero-order valence-electron chi connectivity index (χ0n) is 13.1. The minimum absolute atomic E-state index is 0.141. The summed E-state index contributed by atoms with van der Waals surface area (Å²) in [5.74, 6) is -1.00. The third-order valence-corrected chi connectivity index (χ3v) is 6.22. The quantitative estimate of drug-likeness (QED) is 0.918. The van der Waals surface area contributed by atoms with Crippen molar-refractivity contribution in [3.8, 4) is 11.1 Å². The molecule has 1 aliphatic heterocycles. The van der Waals surface area contributed by atoms with Crippen LogP contribution in [0.3, 0.4) is 0 Å². The predicted octanol–water partition coefficient (Wildman–Crippen LogP) is 3.41. The number of rotatable bonds is 4. The number of hydrogen-bond acceptors (Lipinski definition) is 3. The van der Waals surface area contributed by atoms with Crippen LogP contribution in [-0.2, 0) is 9.84 Å². The van der Waals surface area contributed by atoms with Gasteiger partial charge in [-0.25, -0.2) is 17.2 Å². The SMILES string of the molecule is O=S(=O)(CC1CCNCC1)c1ccc(-c2cc(F)cc(F)c2)cc1. The Bertz CT molecular complexity index is 793. The van der Waals surface area contributed by atoms with Crippen molar-refractivity contribution >= 4 is 9.84 Å². The topological polar surface area (TPSA) is 46.2 Å². The Hall–Kier alpha value is -1.79. The van der Waals surface area contributed by atoms with E-state index in [2.05, 4.69) is 5.32 Å². The first kappa shape index (κ1) is 17.0. The molecule has 2 aromatic rings. The molecular formula is C18H19F2NO2S. The van der Waals surface area contributed by atoms with Gasteiger partial charge in [0.25, 0.3) is 0 Å². The van der Waals surface area contributed by atoms with Gasteiger partial charge in [-0.15, -0.1) is 0 Å². The van der Waals surface area contributed by atoms with Crippen LogP contribution in [-0.4, -0.2) is 27.3 Å². The molecule has 1 heterocycles. The Morgan fingerprint density at radius 2 is 1.50 bits per heavy atom. The molecule has 0 radical (unpaired) electrons. The van der Waals surface area contributed by atoms with E-state index in [0.29, 0.717) is 11.1 Å². The van der Waals surface area contributed by atoms with Crippen LogP contribution in [0.2, 0.25) is 0 Å². The lowest BCUT2D eigenvalue weighted by atomic mass is 10.0. The van der Waals surface area contributed by atoms with Crippen molar-refractivity contribution < 1.29 is 17.2 Å². The molecule has 0 bridgehead atoms. The third-order valence-electron chi connectivity index (χ3n) is 4.32. The van der Waals surface area contributed by atoms with Crippen molar-refractivity contribution in [1.82, 2.24) is 5.32 Å². The lowest BCUT2D eigenvalue weighted by Gasteiger charge is -2.22. The summed E-state index contributed by atoms with van der Waals surface area (Å²) in [5.41, 5.74) is 0.962. The minimum atomic E-state index is -3.35. The summed E-state index contributed by atoms with van der Waals surface area (Å²) in [6.45, 7) is 1.70. The highest BCUT2D eigenvalue weighted by Gasteiger charge is 2.22. The summed E-state index contributed by atoms with van der Waals surface area (Å²) in [6, 6.07) is 9.45. The molecule has 0 unspecified atom stereocenters. The summed E-state index contributed by atoms with van der Waals surface area (Å²) in [7, 11) is -3.35. The van der Waals surface area contributed by atoms with Gasteiger partial charge in [0.05, 0.1) is 10.6 Å². The number of benzene rings is 2. The summed E-state index contributed by atoms with van der Waals surface area (Å²) in [5, 5.41) is 3.22. The summed E-state index contributed by atoms with van der Waals surface area (Å²) in [4.78, 5) is 0.252. The molecule has 3 nitrogen and oxygen atoms in total. The molecule has 3 rings (SSSR count). The van der Waals surface area contributed by atoms with Crippen LogP contribution in [0, 0.1) is 17.6 Å². The smallest absolute Gasteiger partial charge is 0.178 e. The standard InChI is InChI=1S/C18H19F2NO2S/c19-16-9-15(10-17(20)11-16)14-1-3-18(4-2-14)24(22,23)12-13-5-7-21-8-6-13/h1-4,9-11,13,21H,5-8,12H2. The van der Waals surface area contributed by atoms with Crippen LogP contribution >= 0.6 is 0 Å². The van der Waals surface area contributed by atoms with Gasteiger partial charge in [0.2, 0.25) is 0 Å². The lowest BCUT2D eigenvalue weighted by Crippen LogP contribution is -2.31. The number of nitrogens with one attached hydrogen (secondary N) is 1. The van der Waals surface area contributed by atoms with Crippen molar-refractivity contribution in [1.29, 1.82) is 0 Å². The molecule has 2 aromatic carbocycles. The molecule has 128 valence electrons. The van der Waals surface area contributed by atoms with Crippen LogP contribution in [0.15, 0.2) is 47.4 Å². The van der Waals surface area contributed by atoms with Gasteiger partial charge in [0.1, 0.15) is 11.6 Å². The average Bonchev–Trinajstić information content (AvgIpc) is 2.54. The average molecular weight is 351 g/mol. The first-order valence-electron chi connectivity index (χ1n) is 7.94. The maximum absolute atomic E-state index is 13.3. The van der Waals surface area contributed by atoms with Crippen molar-refractivity contribution in [2.75, 3.05) is 18.8 Å². The Morgan fingerprint density at radius 3 is 2.08 bits per heavy atom. The fourth-order valence-corrected chi connectivity index (χ4v) is 4.73. The molecule has 24 heavy (non-hydrogen) atoms. The summed E-state index contributed by atoms with van der Waals surface area (Å²) in [6.07, 6.45) is 1.72. The maximum atomic E-state index is 13.3. The maximum Gasteiger partial charge on any atom is 0.178 e. The highest BCUT2D eigenvalue weighted by atomic mass is 32.2. The molecule has 0 aromatic heterocycles. The van der Waals surface area contributed by atoms with Crippen LogP contribution in [0.5, 0.6) is 0 Å². The highest BCUT2D eigenvalue weighted by molar-refractivity contribution is 7.91. The lowest BCUT2D eigenvalue weighted by molar-refractivity contribution is 0.401. The molecule has 1 fully saturated rings. The van der Waals surface area contributed by atoms with E-state index in [4.69, 9.17) is 0 Å². The van der Waals surface area contributed by atoms with Gasteiger partial charge in [-0.2, -0.15) is 0 Å². The van der Waals surface area contributed by atoms with Crippen LogP contribution in [0.1, 0.15) is 12.8 Å². The molecule has 1 aliphatic rings. The van der Waals surface area contributed by atoms with E-state index in [1.807, 2.05) is 0 Å². The Balaban J connectivity index is 1.80. The fraction of sp³-hybridized carbons (Fsp3) is 0.333. The second-order valence-corrected chi connectivity index (χ2v) is 8.19. The molecule has 0 aliphatic carbocycles. The van der Waals surface area contributed by atoms with Gasteiger partial charge in [0, 0.05) is 6.07 Å². The molecule has 0 saturated carbocycles. The Morgan fingerprint density at radius 1 is 0.917 bits per heavy atom. The Labute approximate surface area is 140 Å². The molecular weight excluding hydrogens is 332 g/mol. The molecule has 1 saturated heterocycles. The first-order chi connectivity index (χ1) is 11.4. The van der Waals surface area contributed by atoms with E-state index in [0.717, 1.165) is 32.0 Å². The van der Waals surface area contributed by atoms with Crippen LogP contribution in [0.4, 0.5) is 8.78 Å². The van der Waals surface area contributed by atoms with Crippen LogP contribution in [0.25, 0.3) is 11.1 Å². The van der Waals surface area contributed by atoms with E-state index in [1.54, 1.807) is 12.1 Å². The normalized spacial score (nSPS) is 16.2. The largest absolute Gasteiger partial charge is 0.317 e. The van der Waals surface area contributed by atoms with Gasteiger partial charge < -0.3 is 5.32 Å². The van der Waals surface area contributed by atoms with E-state index in [-0.39, 0.29) is 16.6 Å². The molecule has 0 spiro atoms. The predicted molar refractivity (Wildman–Crippen MR) is 89.4 cm³/mol. The van der Waals surface area contributed by atoms with Crippen molar-refractivity contribution in [3.63, 3.8) is 0 Å². The van der Waals surface area contributed by atoms with E-state index in [9.17, 15) is 17.2 Å². The molecule has 0 atom stereocenters. The van der Waals surface area contributed by atoms with Crippen molar-refractivity contribution in [2.24, 2.45) is 5.92 Å². The Kier molecular flexibility index (Phi) is 4.96. The molecule has 1 N–H and O–H groups in total. The van der Waals surface area contributed by atoms with E-state index < -0.39 is 21.5 Å². The van der Waals surface area contributed by atoms with Gasteiger partial charge >= 0.3 is 0 Å². The minimum Gasteiger partial charge on any atom is -0.317 e. The third kappa shape index (κ3) is 3.99. The van der Waals surface area contributed by atoms with E-state index in [1.165, 1.54) is 24.3 Å². The second-order valence-electron chi connectivity index (χ2n) is 6.16. The summed E-state index contributed by atoms with van der Waals surface area (Å²) < 4.78 is 51.6. The number of hydrogen-bond donors (Lipinski definition) is 1. The second kappa shape index (κ2) is 6.99. The highest BCUT2D eigenvalue weighted by Crippen LogP contribution is 2.25.